The molecular weight excluding hydrogens is 398 g/mol. The number of aromatic nitrogens is 3. The van der Waals surface area contributed by atoms with Crippen LogP contribution in [0.1, 0.15) is 21.7 Å². The standard InChI is InChI=1S/C23H21N3O5/c1-14-9-18(12-24-22(14)29-3)31-17-7-8-19-20(11-17)26(2)21(25-19)13-30-16-6-4-5-15(10-16)23(27)28/h4-12H,13H2,1-3H3,(H,27,28). The number of rotatable bonds is 7. The predicted molar refractivity (Wildman–Crippen MR) is 114 cm³/mol. The highest BCUT2D eigenvalue weighted by Gasteiger charge is 2.12. The summed E-state index contributed by atoms with van der Waals surface area (Å²) in [7, 11) is 3.47. The van der Waals surface area contributed by atoms with Crippen molar-refractivity contribution in [3.63, 3.8) is 0 Å². The lowest BCUT2D eigenvalue weighted by Gasteiger charge is -2.09. The van der Waals surface area contributed by atoms with Gasteiger partial charge in [-0.3, -0.25) is 0 Å². The van der Waals surface area contributed by atoms with Crippen molar-refractivity contribution in [2.24, 2.45) is 7.05 Å². The van der Waals surface area contributed by atoms with Crippen LogP contribution < -0.4 is 14.2 Å². The second-order valence-electron chi connectivity index (χ2n) is 6.96. The van der Waals surface area contributed by atoms with Crippen LogP contribution in [-0.2, 0) is 13.7 Å². The monoisotopic (exact) mass is 419 g/mol. The van der Waals surface area contributed by atoms with Crippen LogP contribution in [-0.4, -0.2) is 32.7 Å². The molecule has 0 aliphatic heterocycles. The summed E-state index contributed by atoms with van der Waals surface area (Å²) in [6.07, 6.45) is 1.61. The first-order chi connectivity index (χ1) is 14.9. The molecule has 2 aromatic carbocycles. The fourth-order valence-corrected chi connectivity index (χ4v) is 3.22. The molecule has 2 aromatic heterocycles. The van der Waals surface area contributed by atoms with E-state index < -0.39 is 5.97 Å². The van der Waals surface area contributed by atoms with Crippen LogP contribution in [0.4, 0.5) is 0 Å². The van der Waals surface area contributed by atoms with Crippen molar-refractivity contribution in [1.29, 1.82) is 0 Å². The normalized spacial score (nSPS) is 10.8. The molecule has 0 amide bonds. The van der Waals surface area contributed by atoms with Crippen molar-refractivity contribution in [2.75, 3.05) is 7.11 Å². The van der Waals surface area contributed by atoms with Gasteiger partial charge >= 0.3 is 5.97 Å². The van der Waals surface area contributed by atoms with E-state index in [1.54, 1.807) is 25.4 Å². The van der Waals surface area contributed by atoms with Gasteiger partial charge in [-0.05, 0) is 43.3 Å². The Morgan fingerprint density at radius 1 is 1.10 bits per heavy atom. The van der Waals surface area contributed by atoms with Crippen LogP contribution in [0, 0.1) is 6.92 Å². The summed E-state index contributed by atoms with van der Waals surface area (Å²) in [6.45, 7) is 2.10. The molecular formula is C23H21N3O5. The summed E-state index contributed by atoms with van der Waals surface area (Å²) in [5.74, 6) is 2.01. The number of methoxy groups -OCH3 is 1. The minimum Gasteiger partial charge on any atom is -0.486 e. The summed E-state index contributed by atoms with van der Waals surface area (Å²) in [5.41, 5.74) is 2.74. The molecule has 0 unspecified atom stereocenters. The van der Waals surface area contributed by atoms with Gasteiger partial charge in [0, 0.05) is 18.7 Å². The Bertz CT molecular complexity index is 1270. The number of pyridine rings is 1. The molecule has 0 atom stereocenters. The number of aryl methyl sites for hydroxylation is 2. The molecule has 4 rings (SSSR count). The number of hydrogen-bond donors (Lipinski definition) is 1. The van der Waals surface area contributed by atoms with E-state index in [-0.39, 0.29) is 12.2 Å². The third-order valence-corrected chi connectivity index (χ3v) is 4.83. The molecule has 1 N–H and O–H groups in total. The van der Waals surface area contributed by atoms with Crippen LogP contribution in [0.5, 0.6) is 23.1 Å². The summed E-state index contributed by atoms with van der Waals surface area (Å²) < 4.78 is 18.8. The van der Waals surface area contributed by atoms with E-state index in [0.29, 0.717) is 29.0 Å². The van der Waals surface area contributed by atoms with E-state index in [1.165, 1.54) is 12.1 Å². The summed E-state index contributed by atoms with van der Waals surface area (Å²) in [6, 6.07) is 13.9. The van der Waals surface area contributed by atoms with Crippen LogP contribution in [0.15, 0.2) is 54.7 Å². The number of carboxylic acid groups (broad SMARTS) is 1. The molecule has 0 spiro atoms. The zero-order chi connectivity index (χ0) is 22.0. The summed E-state index contributed by atoms with van der Waals surface area (Å²) in [5, 5.41) is 9.11. The largest absolute Gasteiger partial charge is 0.486 e. The van der Waals surface area contributed by atoms with Gasteiger partial charge in [-0.15, -0.1) is 0 Å². The van der Waals surface area contributed by atoms with Crippen LogP contribution >= 0.6 is 0 Å². The second-order valence-corrected chi connectivity index (χ2v) is 6.96. The number of aromatic carboxylic acids is 1. The average molecular weight is 419 g/mol. The van der Waals surface area contributed by atoms with E-state index in [4.69, 9.17) is 19.3 Å². The lowest BCUT2D eigenvalue weighted by Crippen LogP contribution is -2.04. The Labute approximate surface area is 178 Å². The van der Waals surface area contributed by atoms with Crippen molar-refractivity contribution in [1.82, 2.24) is 14.5 Å². The predicted octanol–water partition coefficient (Wildman–Crippen LogP) is 4.35. The fraction of sp³-hybridized carbons (Fsp3) is 0.174. The smallest absolute Gasteiger partial charge is 0.335 e. The van der Waals surface area contributed by atoms with Crippen molar-refractivity contribution in [3.05, 3.63) is 71.7 Å². The van der Waals surface area contributed by atoms with Crippen LogP contribution in [0.2, 0.25) is 0 Å². The van der Waals surface area contributed by atoms with E-state index in [0.717, 1.165) is 16.6 Å². The SMILES string of the molecule is COc1ncc(Oc2ccc3nc(COc4cccc(C(=O)O)c4)n(C)c3c2)cc1C. The van der Waals surface area contributed by atoms with E-state index in [2.05, 4.69) is 9.97 Å². The Morgan fingerprint density at radius 3 is 2.68 bits per heavy atom. The lowest BCUT2D eigenvalue weighted by atomic mass is 10.2. The van der Waals surface area contributed by atoms with Crippen molar-refractivity contribution in [3.8, 4) is 23.1 Å². The Kier molecular flexibility index (Phi) is 5.44. The highest BCUT2D eigenvalue weighted by Crippen LogP contribution is 2.28. The number of nitrogens with zero attached hydrogens (tertiary/aromatic N) is 3. The number of hydrogen-bond acceptors (Lipinski definition) is 6. The molecule has 0 aliphatic carbocycles. The third kappa shape index (κ3) is 4.28. The Morgan fingerprint density at radius 2 is 1.94 bits per heavy atom. The molecule has 2 heterocycles. The minimum absolute atomic E-state index is 0.174. The van der Waals surface area contributed by atoms with Gasteiger partial charge in [0.15, 0.2) is 0 Å². The number of ether oxygens (including phenoxy) is 3. The van der Waals surface area contributed by atoms with Crippen molar-refractivity contribution in [2.45, 2.75) is 13.5 Å². The molecule has 158 valence electrons. The second kappa shape index (κ2) is 8.35. The first-order valence-electron chi connectivity index (χ1n) is 9.54. The zero-order valence-corrected chi connectivity index (χ0v) is 17.3. The van der Waals surface area contributed by atoms with Gasteiger partial charge in [-0.1, -0.05) is 6.07 Å². The minimum atomic E-state index is -0.997. The zero-order valence-electron chi connectivity index (χ0n) is 17.3. The molecule has 4 aromatic rings. The van der Waals surface area contributed by atoms with E-state index >= 15 is 0 Å². The molecule has 8 nitrogen and oxygen atoms in total. The highest BCUT2D eigenvalue weighted by molar-refractivity contribution is 5.88. The van der Waals surface area contributed by atoms with E-state index in [9.17, 15) is 4.79 Å². The van der Waals surface area contributed by atoms with Crippen LogP contribution in [0.3, 0.4) is 0 Å². The number of imidazole rings is 1. The van der Waals surface area contributed by atoms with Gasteiger partial charge in [0.25, 0.3) is 0 Å². The van der Waals surface area contributed by atoms with Gasteiger partial charge in [0.05, 0.1) is 29.9 Å². The molecule has 0 saturated carbocycles. The maximum Gasteiger partial charge on any atom is 0.335 e. The first-order valence-corrected chi connectivity index (χ1v) is 9.54. The van der Waals surface area contributed by atoms with Gasteiger partial charge in [0.1, 0.15) is 29.7 Å². The van der Waals surface area contributed by atoms with Crippen molar-refractivity contribution < 1.29 is 24.1 Å². The molecule has 8 heteroatoms. The Balaban J connectivity index is 1.53. The van der Waals surface area contributed by atoms with Gasteiger partial charge in [-0.2, -0.15) is 0 Å². The maximum absolute atomic E-state index is 11.1. The quantitative estimate of drug-likeness (QED) is 0.476. The summed E-state index contributed by atoms with van der Waals surface area (Å²) in [4.78, 5) is 20.0. The molecule has 0 aliphatic rings. The van der Waals surface area contributed by atoms with Gasteiger partial charge < -0.3 is 23.9 Å². The molecule has 0 bridgehead atoms. The number of carbonyl (C=O) groups is 1. The average Bonchev–Trinajstić information content (AvgIpc) is 3.08. The number of fused-ring (bicyclic) bond motifs is 1. The topological polar surface area (TPSA) is 95.7 Å². The maximum atomic E-state index is 11.1. The third-order valence-electron chi connectivity index (χ3n) is 4.83. The van der Waals surface area contributed by atoms with Gasteiger partial charge in [0.2, 0.25) is 5.88 Å². The lowest BCUT2D eigenvalue weighted by molar-refractivity contribution is 0.0696. The van der Waals surface area contributed by atoms with Gasteiger partial charge in [-0.25, -0.2) is 14.8 Å². The number of benzene rings is 2. The molecule has 0 radical (unpaired) electrons. The summed E-state index contributed by atoms with van der Waals surface area (Å²) >= 11 is 0. The Hall–Kier alpha value is -4.07. The fourth-order valence-electron chi connectivity index (χ4n) is 3.22. The first kappa shape index (κ1) is 20.2. The molecule has 31 heavy (non-hydrogen) atoms. The highest BCUT2D eigenvalue weighted by atomic mass is 16.5. The number of carboxylic acids is 1. The van der Waals surface area contributed by atoms with Crippen molar-refractivity contribution >= 4 is 17.0 Å². The van der Waals surface area contributed by atoms with Crippen LogP contribution in [0.25, 0.3) is 11.0 Å². The molecule has 0 fully saturated rings. The van der Waals surface area contributed by atoms with E-state index in [1.807, 2.05) is 42.8 Å². The molecule has 0 saturated heterocycles.